The van der Waals surface area contributed by atoms with E-state index in [1.165, 1.54) is 0 Å². The molecule has 1 N–H and O–H groups in total. The molecule has 5 nitrogen and oxygen atoms in total. The molecule has 1 aromatic rings. The molecule has 1 aliphatic rings. The maximum Gasteiger partial charge on any atom is 0.348 e. The maximum absolute atomic E-state index is 12.4. The highest BCUT2D eigenvalue weighted by Crippen LogP contribution is 2.66. The van der Waals surface area contributed by atoms with Gasteiger partial charge in [0, 0.05) is 0 Å². The van der Waals surface area contributed by atoms with E-state index in [1.54, 1.807) is 13.8 Å². The predicted molar refractivity (Wildman–Crippen MR) is 91.7 cm³/mol. The highest BCUT2D eigenvalue weighted by molar-refractivity contribution is 9.25. The van der Waals surface area contributed by atoms with Gasteiger partial charge in [-0.15, -0.1) is 11.3 Å². The zero-order valence-corrected chi connectivity index (χ0v) is 16.2. The van der Waals surface area contributed by atoms with Crippen molar-refractivity contribution in [1.29, 1.82) is 5.26 Å². The van der Waals surface area contributed by atoms with Crippen LogP contribution in [-0.2, 0) is 9.53 Å². The largest absolute Gasteiger partial charge is 0.462 e. The molecule has 1 heterocycles. The Hall–Kier alpha value is -0.910. The lowest BCUT2D eigenvalue weighted by Gasteiger charge is -2.12. The summed E-state index contributed by atoms with van der Waals surface area (Å²) in [6.07, 6.45) is 0.642. The number of anilines is 1. The minimum Gasteiger partial charge on any atom is -0.462 e. The molecular formula is C14H14Br2N2O3S. The monoisotopic (exact) mass is 448 g/mol. The molecule has 118 valence electrons. The van der Waals surface area contributed by atoms with Gasteiger partial charge in [0.15, 0.2) is 0 Å². The van der Waals surface area contributed by atoms with Crippen LogP contribution in [-0.4, -0.2) is 21.7 Å². The summed E-state index contributed by atoms with van der Waals surface area (Å²) >= 11 is 7.96. The summed E-state index contributed by atoms with van der Waals surface area (Å²) in [7, 11) is 0. The van der Waals surface area contributed by atoms with E-state index >= 15 is 0 Å². The lowest BCUT2D eigenvalue weighted by molar-refractivity contribution is -0.120. The van der Waals surface area contributed by atoms with E-state index < -0.39 is 14.6 Å². The van der Waals surface area contributed by atoms with Gasteiger partial charge in [0.25, 0.3) is 0 Å². The van der Waals surface area contributed by atoms with Gasteiger partial charge in [0.1, 0.15) is 15.9 Å². The van der Waals surface area contributed by atoms with E-state index in [2.05, 4.69) is 37.2 Å². The van der Waals surface area contributed by atoms with Crippen molar-refractivity contribution in [2.24, 2.45) is 5.41 Å². The van der Waals surface area contributed by atoms with E-state index in [0.29, 0.717) is 27.4 Å². The topological polar surface area (TPSA) is 79.2 Å². The first kappa shape index (κ1) is 17.4. The summed E-state index contributed by atoms with van der Waals surface area (Å²) < 4.78 is 4.56. The Labute approximate surface area is 149 Å². The Morgan fingerprint density at radius 3 is 2.55 bits per heavy atom. The highest BCUT2D eigenvalue weighted by atomic mass is 79.9. The lowest BCUT2D eigenvalue weighted by Crippen LogP contribution is -2.25. The summed E-state index contributed by atoms with van der Waals surface area (Å²) in [6.45, 7) is 5.47. The number of halogens is 2. The fraction of sp³-hybridized carbons (Fsp3) is 0.500. The van der Waals surface area contributed by atoms with Crippen LogP contribution >= 0.6 is 43.2 Å². The second-order valence-electron chi connectivity index (χ2n) is 5.26. The molecule has 0 aliphatic heterocycles. The summed E-state index contributed by atoms with van der Waals surface area (Å²) in [5.74, 6) is -0.677. The van der Waals surface area contributed by atoms with Crippen LogP contribution in [0.2, 0.25) is 0 Å². The lowest BCUT2D eigenvalue weighted by atomic mass is 10.1. The number of carbonyl (C=O) groups excluding carboxylic acids is 2. The van der Waals surface area contributed by atoms with Crippen LogP contribution in [0.5, 0.6) is 0 Å². The Morgan fingerprint density at radius 1 is 1.50 bits per heavy atom. The molecule has 1 saturated carbocycles. The molecule has 1 amide bonds. The number of thiophene rings is 1. The van der Waals surface area contributed by atoms with Gasteiger partial charge < -0.3 is 10.1 Å². The predicted octanol–water partition coefficient (Wildman–Crippen LogP) is 3.94. The number of esters is 1. The number of ether oxygens (including phenoxy) is 1. The average Bonchev–Trinajstić information content (AvgIpc) is 2.80. The first-order valence-corrected chi connectivity index (χ1v) is 8.98. The molecule has 1 aliphatic carbocycles. The van der Waals surface area contributed by atoms with Crippen molar-refractivity contribution in [2.45, 2.75) is 30.4 Å². The molecule has 1 aromatic heterocycles. The molecule has 0 aromatic carbocycles. The van der Waals surface area contributed by atoms with Crippen LogP contribution in [0.3, 0.4) is 0 Å². The third kappa shape index (κ3) is 2.82. The standard InChI is InChI=1S/C14H14Br2N2O3S/c1-4-21-11(19)9-7(2)8(5-17)10(22-9)18-12(20)13(3)6-14(13,15)16/h4,6H2,1-3H3,(H,18,20)/t13-/m0/s1. The van der Waals surface area contributed by atoms with Gasteiger partial charge in [-0.3, -0.25) is 4.79 Å². The minimum atomic E-state index is -0.596. The number of alkyl halides is 2. The molecule has 2 rings (SSSR count). The van der Waals surface area contributed by atoms with E-state index in [4.69, 9.17) is 4.74 Å². The molecule has 1 fully saturated rings. The fourth-order valence-corrected chi connectivity index (χ4v) is 4.54. The second-order valence-corrected chi connectivity index (χ2v) is 10.1. The SMILES string of the molecule is CCOC(=O)c1sc(NC(=O)[C@]2(C)CC2(Br)Br)c(C#N)c1C. The van der Waals surface area contributed by atoms with Crippen LogP contribution in [0.25, 0.3) is 0 Å². The van der Waals surface area contributed by atoms with Gasteiger partial charge in [0.2, 0.25) is 5.91 Å². The zero-order valence-electron chi connectivity index (χ0n) is 12.3. The summed E-state index contributed by atoms with van der Waals surface area (Å²) in [5, 5.41) is 12.4. The highest BCUT2D eigenvalue weighted by Gasteiger charge is 2.66. The molecule has 0 bridgehead atoms. The Balaban J connectivity index is 2.29. The maximum atomic E-state index is 12.4. The number of hydrogen-bond acceptors (Lipinski definition) is 5. The van der Waals surface area contributed by atoms with E-state index in [-0.39, 0.29) is 12.5 Å². The quantitative estimate of drug-likeness (QED) is 0.557. The van der Waals surface area contributed by atoms with E-state index in [0.717, 1.165) is 11.3 Å². The second kappa shape index (κ2) is 5.95. The minimum absolute atomic E-state index is 0.200. The number of carbonyl (C=O) groups is 2. The van der Waals surface area contributed by atoms with Crippen molar-refractivity contribution >= 4 is 60.1 Å². The van der Waals surface area contributed by atoms with Crippen molar-refractivity contribution < 1.29 is 14.3 Å². The number of hydrogen-bond donors (Lipinski definition) is 1. The fourth-order valence-electron chi connectivity index (χ4n) is 2.01. The van der Waals surface area contributed by atoms with Gasteiger partial charge in [-0.2, -0.15) is 5.26 Å². The summed E-state index contributed by atoms with van der Waals surface area (Å²) in [6, 6.07) is 2.04. The molecular weight excluding hydrogens is 436 g/mol. The molecule has 22 heavy (non-hydrogen) atoms. The van der Waals surface area contributed by atoms with Gasteiger partial charge >= 0.3 is 5.97 Å². The normalized spacial score (nSPS) is 21.8. The third-order valence-corrected chi connectivity index (χ3v) is 7.20. The molecule has 0 saturated heterocycles. The molecule has 1 atom stereocenters. The van der Waals surface area contributed by atoms with Crippen molar-refractivity contribution in [3.05, 3.63) is 16.0 Å². The van der Waals surface area contributed by atoms with Gasteiger partial charge in [-0.05, 0) is 32.8 Å². The van der Waals surface area contributed by atoms with Crippen LogP contribution in [0, 0.1) is 23.7 Å². The number of rotatable bonds is 4. The molecule has 8 heteroatoms. The van der Waals surface area contributed by atoms with Gasteiger partial charge in [-0.25, -0.2) is 4.79 Å². The summed E-state index contributed by atoms with van der Waals surface area (Å²) in [5.41, 5.74) is 0.244. The van der Waals surface area contributed by atoms with E-state index in [1.807, 2.05) is 13.0 Å². The third-order valence-electron chi connectivity index (χ3n) is 3.71. The zero-order chi connectivity index (χ0) is 16.7. The van der Waals surface area contributed by atoms with Crippen molar-refractivity contribution in [3.63, 3.8) is 0 Å². The van der Waals surface area contributed by atoms with Crippen LogP contribution in [0.15, 0.2) is 0 Å². The first-order chi connectivity index (χ1) is 10.2. The smallest absolute Gasteiger partial charge is 0.348 e. The van der Waals surface area contributed by atoms with Crippen LogP contribution in [0.4, 0.5) is 5.00 Å². The summed E-state index contributed by atoms with van der Waals surface area (Å²) in [4.78, 5) is 24.6. The molecule has 0 spiro atoms. The number of nitriles is 1. The van der Waals surface area contributed by atoms with Gasteiger partial charge in [-0.1, -0.05) is 31.9 Å². The Bertz CT molecular complexity index is 693. The van der Waals surface area contributed by atoms with Crippen molar-refractivity contribution in [3.8, 4) is 6.07 Å². The van der Waals surface area contributed by atoms with E-state index in [9.17, 15) is 14.9 Å². The number of nitrogens with one attached hydrogen (secondary N) is 1. The van der Waals surface area contributed by atoms with Crippen LogP contribution in [0.1, 0.15) is 41.1 Å². The van der Waals surface area contributed by atoms with Crippen molar-refractivity contribution in [2.75, 3.05) is 11.9 Å². The first-order valence-electron chi connectivity index (χ1n) is 6.58. The average molecular weight is 450 g/mol. The Morgan fingerprint density at radius 2 is 2.09 bits per heavy atom. The Kier molecular flexibility index (Phi) is 4.71. The van der Waals surface area contributed by atoms with Crippen molar-refractivity contribution in [1.82, 2.24) is 0 Å². The molecule has 0 radical (unpaired) electrons. The number of amides is 1. The van der Waals surface area contributed by atoms with Gasteiger partial charge in [0.05, 0.1) is 20.8 Å². The number of nitrogens with zero attached hydrogens (tertiary/aromatic N) is 1. The van der Waals surface area contributed by atoms with Crippen LogP contribution < -0.4 is 5.32 Å². The molecule has 0 unspecified atom stereocenters.